The van der Waals surface area contributed by atoms with Crippen LogP contribution in [0.15, 0.2) is 54.6 Å². The van der Waals surface area contributed by atoms with Gasteiger partial charge in [0.25, 0.3) is 0 Å². The van der Waals surface area contributed by atoms with Crippen molar-refractivity contribution in [2.75, 3.05) is 0 Å². The number of hydrogen-bond donors (Lipinski definition) is 1. The van der Waals surface area contributed by atoms with E-state index in [9.17, 15) is 14.7 Å². The minimum atomic E-state index is -0.949. The van der Waals surface area contributed by atoms with Gasteiger partial charge in [0.2, 0.25) is 5.91 Å². The molecule has 4 rings (SSSR count). The number of carbonyl (C=O) groups excluding carboxylic acids is 1. The molecule has 1 unspecified atom stereocenters. The largest absolute Gasteiger partial charge is 0.481 e. The molecule has 1 N–H and O–H groups in total. The number of benzene rings is 2. The second-order valence-electron chi connectivity index (χ2n) is 5.47. The lowest BCUT2D eigenvalue weighted by atomic mass is 9.99. The maximum Gasteiger partial charge on any atom is 0.313 e. The lowest BCUT2D eigenvalue weighted by Gasteiger charge is -2.05. The molecule has 0 bridgehead atoms. The van der Waals surface area contributed by atoms with Crippen LogP contribution >= 0.6 is 0 Å². The number of nitrogens with zero attached hydrogens (tertiary/aromatic N) is 1. The third kappa shape index (κ3) is 1.64. The maximum absolute atomic E-state index is 12.4. The van der Waals surface area contributed by atoms with Crippen molar-refractivity contribution in [3.63, 3.8) is 0 Å². The molecule has 1 aromatic heterocycles. The van der Waals surface area contributed by atoms with Gasteiger partial charge in [0.1, 0.15) is 5.92 Å². The number of aliphatic carboxylic acids is 1. The van der Waals surface area contributed by atoms with E-state index >= 15 is 0 Å². The minimum absolute atomic E-state index is 0.0231. The SMILES string of the molecule is O=C(O)C1CC(=O)n2c(-c3ccccc3)c3ccccc3c21. The lowest BCUT2D eigenvalue weighted by molar-refractivity contribution is -0.138. The molecule has 0 saturated carbocycles. The van der Waals surface area contributed by atoms with Gasteiger partial charge in [0.05, 0.1) is 5.69 Å². The standard InChI is InChI=1S/C18H13NO3/c20-15-10-14(18(21)22)17-13-9-5-4-8-12(13)16(19(15)17)11-6-2-1-3-7-11/h1-9,14H,10H2,(H,21,22). The first kappa shape index (κ1) is 12.8. The van der Waals surface area contributed by atoms with Gasteiger partial charge in [-0.05, 0) is 5.56 Å². The number of aromatic nitrogens is 1. The molecule has 4 nitrogen and oxygen atoms in total. The van der Waals surface area contributed by atoms with Gasteiger partial charge in [-0.15, -0.1) is 0 Å². The molecule has 0 fully saturated rings. The number of carboxylic acid groups (broad SMARTS) is 1. The average molecular weight is 291 g/mol. The Balaban J connectivity index is 2.13. The van der Waals surface area contributed by atoms with Crippen molar-refractivity contribution in [1.82, 2.24) is 4.57 Å². The number of fused-ring (bicyclic) bond motifs is 3. The molecule has 4 heteroatoms. The zero-order valence-corrected chi connectivity index (χ0v) is 11.7. The fraction of sp³-hybridized carbons (Fsp3) is 0.111. The summed E-state index contributed by atoms with van der Waals surface area (Å²) < 4.78 is 1.60. The molecule has 0 radical (unpaired) electrons. The van der Waals surface area contributed by atoms with Crippen molar-refractivity contribution in [2.45, 2.75) is 12.3 Å². The van der Waals surface area contributed by atoms with Crippen molar-refractivity contribution in [3.8, 4) is 11.3 Å². The van der Waals surface area contributed by atoms with Crippen molar-refractivity contribution in [1.29, 1.82) is 0 Å². The third-order valence-corrected chi connectivity index (χ3v) is 4.23. The molecular formula is C18H13NO3. The summed E-state index contributed by atoms with van der Waals surface area (Å²) in [5, 5.41) is 11.2. The van der Waals surface area contributed by atoms with Crippen LogP contribution in [-0.4, -0.2) is 21.6 Å². The van der Waals surface area contributed by atoms with Crippen LogP contribution in [0.4, 0.5) is 0 Å². The highest BCUT2D eigenvalue weighted by molar-refractivity contribution is 6.09. The molecule has 1 aliphatic heterocycles. The van der Waals surface area contributed by atoms with Gasteiger partial charge >= 0.3 is 5.97 Å². The van der Waals surface area contributed by atoms with E-state index in [-0.39, 0.29) is 12.3 Å². The number of carboxylic acids is 1. The second kappa shape index (κ2) is 4.56. The van der Waals surface area contributed by atoms with Gasteiger partial charge in [-0.25, -0.2) is 0 Å². The Morgan fingerprint density at radius 3 is 2.32 bits per heavy atom. The first-order chi connectivity index (χ1) is 10.7. The topological polar surface area (TPSA) is 59.3 Å². The molecule has 2 heterocycles. The van der Waals surface area contributed by atoms with Gasteiger partial charge in [-0.1, -0.05) is 54.6 Å². The summed E-state index contributed by atoms with van der Waals surface area (Å²) in [7, 11) is 0. The fourth-order valence-corrected chi connectivity index (χ4v) is 3.32. The summed E-state index contributed by atoms with van der Waals surface area (Å²) >= 11 is 0. The van der Waals surface area contributed by atoms with Crippen LogP contribution in [0.5, 0.6) is 0 Å². The van der Waals surface area contributed by atoms with E-state index in [0.29, 0.717) is 5.69 Å². The van der Waals surface area contributed by atoms with Crippen LogP contribution in [-0.2, 0) is 4.79 Å². The highest BCUT2D eigenvalue weighted by Gasteiger charge is 2.38. The Hall–Kier alpha value is -2.88. The zero-order chi connectivity index (χ0) is 15.3. The summed E-state index contributed by atoms with van der Waals surface area (Å²) in [6.07, 6.45) is 0.0231. The van der Waals surface area contributed by atoms with Crippen LogP contribution in [0.25, 0.3) is 22.0 Å². The molecule has 108 valence electrons. The molecule has 0 amide bonds. The lowest BCUT2D eigenvalue weighted by Crippen LogP contribution is -2.08. The van der Waals surface area contributed by atoms with Crippen molar-refractivity contribution in [2.24, 2.45) is 0 Å². The van der Waals surface area contributed by atoms with E-state index in [1.54, 1.807) is 4.57 Å². The van der Waals surface area contributed by atoms with E-state index in [2.05, 4.69) is 0 Å². The molecular weight excluding hydrogens is 278 g/mol. The van der Waals surface area contributed by atoms with Crippen LogP contribution in [0.1, 0.15) is 22.8 Å². The van der Waals surface area contributed by atoms with Crippen LogP contribution in [0.3, 0.4) is 0 Å². The van der Waals surface area contributed by atoms with E-state index < -0.39 is 11.9 Å². The van der Waals surface area contributed by atoms with Crippen molar-refractivity contribution < 1.29 is 14.7 Å². The second-order valence-corrected chi connectivity index (χ2v) is 5.47. The van der Waals surface area contributed by atoms with Gasteiger partial charge in [-0.3, -0.25) is 14.2 Å². The first-order valence-corrected chi connectivity index (χ1v) is 7.13. The number of rotatable bonds is 2. The molecule has 1 atom stereocenters. The molecule has 3 aromatic rings. The Morgan fingerprint density at radius 2 is 1.64 bits per heavy atom. The summed E-state index contributed by atoms with van der Waals surface area (Å²) in [4.78, 5) is 24.0. The number of hydrogen-bond acceptors (Lipinski definition) is 2. The van der Waals surface area contributed by atoms with Gasteiger partial charge in [0.15, 0.2) is 0 Å². The van der Waals surface area contributed by atoms with E-state index in [4.69, 9.17) is 0 Å². The minimum Gasteiger partial charge on any atom is -0.481 e. The Morgan fingerprint density at radius 1 is 1.00 bits per heavy atom. The Labute approximate surface area is 126 Å². The van der Waals surface area contributed by atoms with Gasteiger partial charge in [0, 0.05) is 22.9 Å². The fourth-order valence-electron chi connectivity index (χ4n) is 3.32. The van der Waals surface area contributed by atoms with E-state index in [1.807, 2.05) is 54.6 Å². The van der Waals surface area contributed by atoms with Gasteiger partial charge < -0.3 is 5.11 Å². The Kier molecular flexibility index (Phi) is 2.66. The summed E-state index contributed by atoms with van der Waals surface area (Å²) in [5.41, 5.74) is 2.32. The molecule has 0 saturated heterocycles. The molecule has 0 aliphatic carbocycles. The summed E-state index contributed by atoms with van der Waals surface area (Å²) in [6.45, 7) is 0. The normalized spacial score (nSPS) is 16.9. The van der Waals surface area contributed by atoms with Crippen LogP contribution < -0.4 is 0 Å². The smallest absolute Gasteiger partial charge is 0.313 e. The summed E-state index contributed by atoms with van der Waals surface area (Å²) in [6, 6.07) is 17.2. The highest BCUT2D eigenvalue weighted by atomic mass is 16.4. The molecule has 0 spiro atoms. The molecule has 22 heavy (non-hydrogen) atoms. The first-order valence-electron chi connectivity index (χ1n) is 7.13. The third-order valence-electron chi connectivity index (χ3n) is 4.23. The summed E-state index contributed by atoms with van der Waals surface area (Å²) in [5.74, 6) is -1.87. The zero-order valence-electron chi connectivity index (χ0n) is 11.7. The van der Waals surface area contributed by atoms with Crippen LogP contribution in [0.2, 0.25) is 0 Å². The number of carbonyl (C=O) groups is 2. The van der Waals surface area contributed by atoms with Crippen LogP contribution in [0, 0.1) is 0 Å². The molecule has 1 aliphatic rings. The van der Waals surface area contributed by atoms with E-state index in [0.717, 1.165) is 22.0 Å². The highest BCUT2D eigenvalue weighted by Crippen LogP contribution is 2.42. The monoisotopic (exact) mass is 291 g/mol. The molecule has 2 aromatic carbocycles. The predicted molar refractivity (Wildman–Crippen MR) is 83.0 cm³/mol. The van der Waals surface area contributed by atoms with Gasteiger partial charge in [-0.2, -0.15) is 0 Å². The quantitative estimate of drug-likeness (QED) is 0.786. The van der Waals surface area contributed by atoms with Crippen molar-refractivity contribution in [3.05, 3.63) is 60.3 Å². The maximum atomic E-state index is 12.4. The van der Waals surface area contributed by atoms with Crippen molar-refractivity contribution >= 4 is 22.6 Å². The Bertz CT molecular complexity index is 909. The average Bonchev–Trinajstić information content (AvgIpc) is 3.04. The van der Waals surface area contributed by atoms with E-state index in [1.165, 1.54) is 0 Å². The predicted octanol–water partition coefficient (Wildman–Crippen LogP) is 3.52.